The molecule has 1 unspecified atom stereocenters. The first-order valence-electron chi connectivity index (χ1n) is 8.14. The molecule has 1 N–H and O–H groups in total. The minimum absolute atomic E-state index is 0.0474. The van der Waals surface area contributed by atoms with Gasteiger partial charge in [0.25, 0.3) is 0 Å². The molecule has 1 fully saturated rings. The lowest BCUT2D eigenvalue weighted by atomic mass is 9.79. The minimum atomic E-state index is -0.870. The third-order valence-corrected chi connectivity index (χ3v) is 5.22. The number of rotatable bonds is 6. The van der Waals surface area contributed by atoms with Crippen molar-refractivity contribution in [3.05, 3.63) is 35.9 Å². The van der Waals surface area contributed by atoms with Crippen LogP contribution in [0.4, 0.5) is 0 Å². The van der Waals surface area contributed by atoms with E-state index in [0.29, 0.717) is 12.2 Å². The van der Waals surface area contributed by atoms with E-state index in [-0.39, 0.29) is 17.5 Å². The zero-order valence-electron chi connectivity index (χ0n) is 14.0. The summed E-state index contributed by atoms with van der Waals surface area (Å²) in [5, 5.41) is 3.21. The van der Waals surface area contributed by atoms with Crippen molar-refractivity contribution in [2.24, 2.45) is 0 Å². The van der Waals surface area contributed by atoms with Crippen LogP contribution in [0.5, 0.6) is 0 Å². The van der Waals surface area contributed by atoms with Gasteiger partial charge in [-0.3, -0.25) is 9.59 Å². The number of carbonyl (C=O) groups is 3. The smallest absolute Gasteiger partial charge is 0.334 e. The number of nitrogens with one attached hydrogen (secondary N) is 1. The van der Waals surface area contributed by atoms with Crippen molar-refractivity contribution < 1.29 is 19.1 Å². The SMILES string of the molecule is CC(=O)SCCC(=O)OC(=O)[C@@]1(C(C)c2ccccc2)CCCN1. The fraction of sp³-hybridized carbons (Fsp3) is 0.500. The second kappa shape index (κ2) is 8.44. The molecule has 0 aromatic heterocycles. The quantitative estimate of drug-likeness (QED) is 0.629. The monoisotopic (exact) mass is 349 g/mol. The molecule has 0 aliphatic carbocycles. The van der Waals surface area contributed by atoms with E-state index in [9.17, 15) is 14.4 Å². The van der Waals surface area contributed by atoms with Gasteiger partial charge in [0.1, 0.15) is 5.54 Å². The predicted molar refractivity (Wildman–Crippen MR) is 93.7 cm³/mol. The van der Waals surface area contributed by atoms with Crippen molar-refractivity contribution in [1.29, 1.82) is 0 Å². The summed E-state index contributed by atoms with van der Waals surface area (Å²) in [6.45, 7) is 4.14. The van der Waals surface area contributed by atoms with Gasteiger partial charge in [0.05, 0.1) is 6.42 Å². The summed E-state index contributed by atoms with van der Waals surface area (Å²) in [5.41, 5.74) is 0.161. The normalized spacial score (nSPS) is 21.2. The number of esters is 2. The van der Waals surface area contributed by atoms with Crippen LogP contribution in [0.3, 0.4) is 0 Å². The van der Waals surface area contributed by atoms with E-state index in [4.69, 9.17) is 4.74 Å². The van der Waals surface area contributed by atoms with Crippen molar-refractivity contribution in [2.45, 2.75) is 44.6 Å². The van der Waals surface area contributed by atoms with Crippen LogP contribution in [0, 0.1) is 0 Å². The Kier molecular flexibility index (Phi) is 6.57. The molecule has 1 aliphatic heterocycles. The molecule has 1 heterocycles. The van der Waals surface area contributed by atoms with Gasteiger partial charge in [-0.2, -0.15) is 0 Å². The molecule has 1 saturated heterocycles. The first kappa shape index (κ1) is 18.7. The lowest BCUT2D eigenvalue weighted by Gasteiger charge is -2.33. The van der Waals surface area contributed by atoms with Crippen LogP contribution in [-0.4, -0.2) is 34.9 Å². The van der Waals surface area contributed by atoms with Gasteiger partial charge in [0.2, 0.25) is 0 Å². The summed E-state index contributed by atoms with van der Waals surface area (Å²) < 4.78 is 5.10. The average Bonchev–Trinajstić information content (AvgIpc) is 3.05. The molecular formula is C18H23NO4S. The van der Waals surface area contributed by atoms with E-state index in [1.54, 1.807) is 0 Å². The molecule has 6 heteroatoms. The van der Waals surface area contributed by atoms with Gasteiger partial charge in [0, 0.05) is 18.6 Å². The summed E-state index contributed by atoms with van der Waals surface area (Å²) in [5.74, 6) is -0.875. The topological polar surface area (TPSA) is 72.5 Å². The number of thioether (sulfide) groups is 1. The minimum Gasteiger partial charge on any atom is -0.392 e. The third-order valence-electron chi connectivity index (χ3n) is 4.41. The van der Waals surface area contributed by atoms with Gasteiger partial charge < -0.3 is 10.1 Å². The largest absolute Gasteiger partial charge is 0.392 e. The summed E-state index contributed by atoms with van der Waals surface area (Å²) in [4.78, 5) is 35.5. The number of carbonyl (C=O) groups excluding carboxylic acids is 3. The maximum atomic E-state index is 12.7. The molecule has 0 saturated carbocycles. The Morgan fingerprint density at radius 2 is 2.00 bits per heavy atom. The van der Waals surface area contributed by atoms with Crippen LogP contribution in [-0.2, 0) is 19.1 Å². The van der Waals surface area contributed by atoms with Crippen LogP contribution in [0.15, 0.2) is 30.3 Å². The molecule has 2 atom stereocenters. The molecule has 1 aliphatic rings. The number of hydrogen-bond donors (Lipinski definition) is 1. The zero-order chi connectivity index (χ0) is 17.6. The highest BCUT2D eigenvalue weighted by Gasteiger charge is 2.48. The van der Waals surface area contributed by atoms with Gasteiger partial charge in [-0.1, -0.05) is 49.0 Å². The van der Waals surface area contributed by atoms with E-state index in [0.717, 1.165) is 30.3 Å². The molecule has 1 aromatic carbocycles. The molecule has 0 radical (unpaired) electrons. The maximum Gasteiger partial charge on any atom is 0.334 e. The van der Waals surface area contributed by atoms with E-state index in [1.807, 2.05) is 37.3 Å². The van der Waals surface area contributed by atoms with Gasteiger partial charge in [-0.15, -0.1) is 0 Å². The Balaban J connectivity index is 2.05. The molecule has 130 valence electrons. The Labute approximate surface area is 146 Å². The highest BCUT2D eigenvalue weighted by Crippen LogP contribution is 2.36. The zero-order valence-corrected chi connectivity index (χ0v) is 14.9. The number of ether oxygens (including phenoxy) is 1. The lowest BCUT2D eigenvalue weighted by Crippen LogP contribution is -2.53. The molecule has 1 aromatic rings. The second-order valence-corrected chi connectivity index (χ2v) is 7.26. The van der Waals surface area contributed by atoms with Crippen molar-refractivity contribution >= 4 is 28.8 Å². The molecule has 5 nitrogen and oxygen atoms in total. The highest BCUT2D eigenvalue weighted by molar-refractivity contribution is 8.13. The lowest BCUT2D eigenvalue weighted by molar-refractivity contribution is -0.164. The molecular weight excluding hydrogens is 326 g/mol. The number of hydrogen-bond acceptors (Lipinski definition) is 6. The first-order valence-corrected chi connectivity index (χ1v) is 9.13. The summed E-state index contributed by atoms with van der Waals surface area (Å²) in [7, 11) is 0. The second-order valence-electron chi connectivity index (χ2n) is 5.99. The summed E-state index contributed by atoms with van der Waals surface area (Å²) in [6.07, 6.45) is 1.55. The van der Waals surface area contributed by atoms with Crippen LogP contribution in [0.1, 0.15) is 44.6 Å². The van der Waals surface area contributed by atoms with E-state index in [1.165, 1.54) is 6.92 Å². The van der Waals surface area contributed by atoms with Crippen molar-refractivity contribution in [1.82, 2.24) is 5.32 Å². The summed E-state index contributed by atoms with van der Waals surface area (Å²) >= 11 is 1.05. The van der Waals surface area contributed by atoms with E-state index < -0.39 is 17.5 Å². The van der Waals surface area contributed by atoms with Crippen LogP contribution in [0.2, 0.25) is 0 Å². The van der Waals surface area contributed by atoms with Crippen molar-refractivity contribution in [3.63, 3.8) is 0 Å². The Morgan fingerprint density at radius 3 is 2.58 bits per heavy atom. The Morgan fingerprint density at radius 1 is 1.29 bits per heavy atom. The third kappa shape index (κ3) is 4.45. The standard InChI is InChI=1S/C18H23NO4S/c1-13(15-7-4-3-5-8-15)18(10-6-11-19-18)17(22)23-16(21)9-12-24-14(2)20/h3-5,7-8,13,19H,6,9-12H2,1-2H3/t13?,18-/m0/s1. The van der Waals surface area contributed by atoms with Crippen LogP contribution >= 0.6 is 11.8 Å². The van der Waals surface area contributed by atoms with Gasteiger partial charge >= 0.3 is 11.9 Å². The molecule has 2 rings (SSSR count). The van der Waals surface area contributed by atoms with Gasteiger partial charge in [-0.25, -0.2) is 4.79 Å². The Hall–Kier alpha value is -1.66. The molecule has 0 bridgehead atoms. The van der Waals surface area contributed by atoms with Crippen LogP contribution in [0.25, 0.3) is 0 Å². The van der Waals surface area contributed by atoms with Gasteiger partial charge in [0.15, 0.2) is 5.12 Å². The van der Waals surface area contributed by atoms with Gasteiger partial charge in [-0.05, 0) is 24.9 Å². The summed E-state index contributed by atoms with van der Waals surface area (Å²) in [6, 6.07) is 9.75. The predicted octanol–water partition coefficient (Wildman–Crippen LogP) is 2.65. The highest BCUT2D eigenvalue weighted by atomic mass is 32.2. The van der Waals surface area contributed by atoms with E-state index in [2.05, 4.69) is 5.32 Å². The van der Waals surface area contributed by atoms with Crippen LogP contribution < -0.4 is 5.32 Å². The van der Waals surface area contributed by atoms with Crippen molar-refractivity contribution in [2.75, 3.05) is 12.3 Å². The molecule has 0 amide bonds. The first-order chi connectivity index (χ1) is 11.5. The van der Waals surface area contributed by atoms with Crippen molar-refractivity contribution in [3.8, 4) is 0 Å². The fourth-order valence-electron chi connectivity index (χ4n) is 3.04. The maximum absolute atomic E-state index is 12.7. The average molecular weight is 349 g/mol. The fourth-order valence-corrected chi connectivity index (χ4v) is 3.59. The molecule has 24 heavy (non-hydrogen) atoms. The number of benzene rings is 1. The van der Waals surface area contributed by atoms with E-state index >= 15 is 0 Å². The Bertz CT molecular complexity index is 596. The molecule has 0 spiro atoms.